The van der Waals surface area contributed by atoms with Crippen molar-refractivity contribution >= 4 is 43.3 Å². The molecule has 0 heterocycles. The first kappa shape index (κ1) is 15.1. The lowest BCUT2D eigenvalue weighted by molar-refractivity contribution is 1.08. The van der Waals surface area contributed by atoms with E-state index in [1.807, 2.05) is 0 Å². The third-order valence-corrected chi connectivity index (χ3v) is 6.90. The first-order valence-corrected chi connectivity index (χ1v) is 9.14. The molecule has 0 amide bonds. The molecule has 100 valence electrons. The van der Waals surface area contributed by atoms with Gasteiger partial charge in [0.25, 0.3) is 0 Å². The zero-order valence-electron chi connectivity index (χ0n) is 10.7. The molecule has 0 radical (unpaired) electrons. The zero-order chi connectivity index (χ0) is 13.9. The lowest BCUT2D eigenvalue weighted by Gasteiger charge is -2.28. The van der Waals surface area contributed by atoms with Crippen LogP contribution in [0.2, 0.25) is 0 Å². The summed E-state index contributed by atoms with van der Waals surface area (Å²) in [7, 11) is 14.8. The van der Waals surface area contributed by atoms with Crippen LogP contribution in [0.4, 0.5) is 0 Å². The summed E-state index contributed by atoms with van der Waals surface area (Å²) in [6, 6.07) is 16.7. The summed E-state index contributed by atoms with van der Waals surface area (Å²) in [6.45, 7) is 4.14. The van der Waals surface area contributed by atoms with Crippen LogP contribution in [0.5, 0.6) is 0 Å². The zero-order valence-corrected chi connectivity index (χ0v) is 13.8. The summed E-state index contributed by atoms with van der Waals surface area (Å²) in [5.74, 6) is 0. The number of aryl methyl sites for hydroxylation is 2. The Kier molecular flexibility index (Phi) is 5.13. The minimum Gasteiger partial charge on any atom is -0.0590 e. The van der Waals surface area contributed by atoms with Crippen molar-refractivity contribution in [3.8, 4) is 0 Å². The van der Waals surface area contributed by atoms with E-state index < -0.39 is 4.08 Å². The average Bonchev–Trinajstić information content (AvgIpc) is 2.44. The largest absolute Gasteiger partial charge is 0.141 e. The molecule has 0 aliphatic heterocycles. The van der Waals surface area contributed by atoms with Crippen LogP contribution in [-0.4, -0.2) is 0 Å². The Morgan fingerprint density at radius 3 is 1.26 bits per heavy atom. The Balaban J connectivity index is 2.53. The highest BCUT2D eigenvalue weighted by atomic mass is 35.7. The molecule has 4 heteroatoms. The maximum Gasteiger partial charge on any atom is 0.141 e. The first-order chi connectivity index (χ1) is 9.12. The molecule has 0 fully saturated rings. The Morgan fingerprint density at radius 1 is 0.684 bits per heavy atom. The van der Waals surface area contributed by atoms with Crippen molar-refractivity contribution in [1.82, 2.24) is 0 Å². The maximum atomic E-state index is 6.18. The molecule has 0 nitrogen and oxygen atoms in total. The Hall–Kier alpha value is -0.280. The van der Waals surface area contributed by atoms with E-state index in [9.17, 15) is 0 Å². The van der Waals surface area contributed by atoms with Gasteiger partial charge in [0.2, 0.25) is 0 Å². The monoisotopic (exact) mass is 328 g/mol. The molecule has 0 N–H and O–H groups in total. The molecule has 0 aliphatic rings. The molecule has 0 aliphatic carbocycles. The predicted octanol–water partition coefficient (Wildman–Crippen LogP) is 6.28. The molecular formula is C15H14Cl2S2. The summed E-state index contributed by atoms with van der Waals surface area (Å²) < 4.78 is -0.482. The Labute approximate surface area is 131 Å². The SMILES string of the molecule is Cc1ccc(C(SCl)(SCl)c2ccc(C)cc2)cc1. The smallest absolute Gasteiger partial charge is 0.0590 e. The van der Waals surface area contributed by atoms with Crippen LogP contribution in [0.3, 0.4) is 0 Å². The van der Waals surface area contributed by atoms with Crippen LogP contribution >= 0.6 is 43.3 Å². The van der Waals surface area contributed by atoms with Gasteiger partial charge in [0.15, 0.2) is 0 Å². The molecular weight excluding hydrogens is 315 g/mol. The number of rotatable bonds is 4. The van der Waals surface area contributed by atoms with Crippen molar-refractivity contribution in [3.63, 3.8) is 0 Å². The lowest BCUT2D eigenvalue weighted by Crippen LogP contribution is -2.16. The van der Waals surface area contributed by atoms with Gasteiger partial charge in [0, 0.05) is 0 Å². The highest BCUT2D eigenvalue weighted by molar-refractivity contribution is 8.37. The second kappa shape index (κ2) is 6.45. The van der Waals surface area contributed by atoms with Gasteiger partial charge < -0.3 is 0 Å². The second-order valence-corrected chi connectivity index (χ2v) is 7.22. The summed E-state index contributed by atoms with van der Waals surface area (Å²) in [5, 5.41) is 0. The second-order valence-electron chi connectivity index (χ2n) is 4.50. The molecule has 0 saturated heterocycles. The van der Waals surface area contributed by atoms with E-state index in [0.717, 1.165) is 11.1 Å². The van der Waals surface area contributed by atoms with Gasteiger partial charge in [-0.15, -0.1) is 0 Å². The molecule has 0 spiro atoms. The summed E-state index contributed by atoms with van der Waals surface area (Å²) >= 11 is 0. The summed E-state index contributed by atoms with van der Waals surface area (Å²) in [6.07, 6.45) is 0. The van der Waals surface area contributed by atoms with Gasteiger partial charge in [-0.05, 0) is 68.3 Å². The maximum absolute atomic E-state index is 6.18. The molecule has 0 atom stereocenters. The van der Waals surface area contributed by atoms with Crippen molar-refractivity contribution in [2.45, 2.75) is 17.9 Å². The van der Waals surface area contributed by atoms with Crippen LogP contribution < -0.4 is 0 Å². The topological polar surface area (TPSA) is 0 Å². The Morgan fingerprint density at radius 2 is 1.00 bits per heavy atom. The number of halogens is 2. The molecule has 2 rings (SSSR count). The van der Waals surface area contributed by atoms with Crippen molar-refractivity contribution in [3.05, 3.63) is 70.8 Å². The number of benzene rings is 2. The predicted molar refractivity (Wildman–Crippen MR) is 90.0 cm³/mol. The van der Waals surface area contributed by atoms with Gasteiger partial charge in [0.1, 0.15) is 4.08 Å². The van der Waals surface area contributed by atoms with Crippen molar-refractivity contribution in [2.24, 2.45) is 0 Å². The Bertz CT molecular complexity index is 484. The highest BCUT2D eigenvalue weighted by Gasteiger charge is 2.35. The molecule has 2 aromatic carbocycles. The van der Waals surface area contributed by atoms with E-state index in [2.05, 4.69) is 62.4 Å². The molecule has 0 aromatic heterocycles. The quantitative estimate of drug-likeness (QED) is 0.606. The van der Waals surface area contributed by atoms with Gasteiger partial charge in [0.05, 0.1) is 0 Å². The average molecular weight is 329 g/mol. The number of hydrogen-bond donors (Lipinski definition) is 0. The number of hydrogen-bond acceptors (Lipinski definition) is 2. The van der Waals surface area contributed by atoms with E-state index in [0.29, 0.717) is 0 Å². The van der Waals surface area contributed by atoms with Gasteiger partial charge in [-0.2, -0.15) is 0 Å². The van der Waals surface area contributed by atoms with E-state index in [4.69, 9.17) is 21.4 Å². The highest BCUT2D eigenvalue weighted by Crippen LogP contribution is 2.55. The summed E-state index contributed by atoms with van der Waals surface area (Å²) in [5.41, 5.74) is 4.64. The normalized spacial score (nSPS) is 11.6. The van der Waals surface area contributed by atoms with Crippen molar-refractivity contribution < 1.29 is 0 Å². The van der Waals surface area contributed by atoms with E-state index >= 15 is 0 Å². The third kappa shape index (κ3) is 3.08. The fraction of sp³-hybridized carbons (Fsp3) is 0.200. The lowest BCUT2D eigenvalue weighted by atomic mass is 10.0. The van der Waals surface area contributed by atoms with E-state index in [-0.39, 0.29) is 0 Å². The molecule has 19 heavy (non-hydrogen) atoms. The fourth-order valence-electron chi connectivity index (χ4n) is 1.90. The van der Waals surface area contributed by atoms with Crippen molar-refractivity contribution in [2.75, 3.05) is 0 Å². The summed E-state index contributed by atoms with van der Waals surface area (Å²) in [4.78, 5) is 0. The first-order valence-electron chi connectivity index (χ1n) is 5.86. The van der Waals surface area contributed by atoms with Crippen LogP contribution in [-0.2, 0) is 4.08 Å². The third-order valence-electron chi connectivity index (χ3n) is 3.08. The standard InChI is InChI=1S/C15H14Cl2S2/c1-11-3-7-13(8-4-11)15(18-16,19-17)14-9-5-12(2)6-10-14/h3-10H,1-2H3. The fourth-order valence-corrected chi connectivity index (χ4v) is 4.82. The minimum absolute atomic E-state index is 0.482. The van der Waals surface area contributed by atoms with Gasteiger partial charge in [-0.3, -0.25) is 0 Å². The van der Waals surface area contributed by atoms with Crippen LogP contribution in [0.25, 0.3) is 0 Å². The van der Waals surface area contributed by atoms with Crippen LogP contribution in [0, 0.1) is 13.8 Å². The van der Waals surface area contributed by atoms with Gasteiger partial charge in [-0.25, -0.2) is 0 Å². The van der Waals surface area contributed by atoms with Gasteiger partial charge >= 0.3 is 0 Å². The molecule has 0 saturated carbocycles. The molecule has 0 bridgehead atoms. The van der Waals surface area contributed by atoms with E-state index in [1.54, 1.807) is 0 Å². The molecule has 2 aromatic rings. The minimum atomic E-state index is -0.482. The van der Waals surface area contributed by atoms with E-state index in [1.165, 1.54) is 33.1 Å². The van der Waals surface area contributed by atoms with Crippen LogP contribution in [0.15, 0.2) is 48.5 Å². The molecule has 0 unspecified atom stereocenters. The van der Waals surface area contributed by atoms with Crippen molar-refractivity contribution in [1.29, 1.82) is 0 Å². The van der Waals surface area contributed by atoms with Crippen LogP contribution in [0.1, 0.15) is 22.3 Å². The van der Waals surface area contributed by atoms with Gasteiger partial charge in [-0.1, -0.05) is 59.7 Å².